The van der Waals surface area contributed by atoms with Gasteiger partial charge in [0.2, 0.25) is 5.91 Å². The van der Waals surface area contributed by atoms with Crippen molar-refractivity contribution in [2.45, 2.75) is 84.6 Å². The van der Waals surface area contributed by atoms with Gasteiger partial charge in [-0.3, -0.25) is 14.4 Å². The predicted molar refractivity (Wildman–Crippen MR) is 110 cm³/mol. The number of carbonyl (C=O) groups is 3. The van der Waals surface area contributed by atoms with E-state index in [1.54, 1.807) is 0 Å². The molecule has 2 atom stereocenters. The van der Waals surface area contributed by atoms with Crippen LogP contribution in [0.3, 0.4) is 0 Å². The smallest absolute Gasteiger partial charge is 0.220 e. The minimum atomic E-state index is -0.449. The van der Waals surface area contributed by atoms with E-state index in [1.165, 1.54) is 0 Å². The molecule has 1 amide bonds. The Morgan fingerprint density at radius 3 is 2.07 bits per heavy atom. The molecule has 0 spiro atoms. The second kappa shape index (κ2) is 13.8. The van der Waals surface area contributed by atoms with Crippen LogP contribution in [0.2, 0.25) is 0 Å². The Labute approximate surface area is 165 Å². The standard InChI is InChI=1S/C21H41N3O3/c1-21(2,3)19(26)15-16(20(22)27)11-7-6-8-13-18(25)17(24-5)12-9-10-14-23-4/h16-17,23-24H,6-15H2,1-5H3,(H2,22,27). The molecule has 0 fully saturated rings. The molecule has 6 nitrogen and oxygen atoms in total. The van der Waals surface area contributed by atoms with E-state index in [1.807, 2.05) is 34.9 Å². The quantitative estimate of drug-likeness (QED) is 0.356. The van der Waals surface area contributed by atoms with Crippen LogP contribution < -0.4 is 16.4 Å². The SMILES string of the molecule is CNCCCCC(NC)C(=O)CCCCCC(CC(=O)C(C)(C)C)C(N)=O. The summed E-state index contributed by atoms with van der Waals surface area (Å²) in [5.41, 5.74) is 5.01. The van der Waals surface area contributed by atoms with Crippen LogP contribution in [0.25, 0.3) is 0 Å². The van der Waals surface area contributed by atoms with Crippen LogP contribution in [0.5, 0.6) is 0 Å². The highest BCUT2D eigenvalue weighted by atomic mass is 16.1. The molecule has 158 valence electrons. The number of nitrogens with one attached hydrogen (secondary N) is 2. The third-order valence-electron chi connectivity index (χ3n) is 5.05. The van der Waals surface area contributed by atoms with Crippen molar-refractivity contribution in [3.8, 4) is 0 Å². The van der Waals surface area contributed by atoms with Gasteiger partial charge in [0.25, 0.3) is 0 Å². The topological polar surface area (TPSA) is 101 Å². The highest BCUT2D eigenvalue weighted by molar-refractivity contribution is 5.89. The normalized spacial score (nSPS) is 14.0. The van der Waals surface area contributed by atoms with Gasteiger partial charge < -0.3 is 16.4 Å². The summed E-state index contributed by atoms with van der Waals surface area (Å²) >= 11 is 0. The Kier molecular flexibility index (Phi) is 13.2. The molecule has 0 aromatic rings. The first kappa shape index (κ1) is 25.7. The average molecular weight is 384 g/mol. The van der Waals surface area contributed by atoms with Gasteiger partial charge in [0.15, 0.2) is 0 Å². The van der Waals surface area contributed by atoms with Crippen LogP contribution >= 0.6 is 0 Å². The van der Waals surface area contributed by atoms with Crippen LogP contribution in [-0.2, 0) is 14.4 Å². The number of rotatable bonds is 16. The van der Waals surface area contributed by atoms with E-state index in [0.29, 0.717) is 12.8 Å². The van der Waals surface area contributed by atoms with Gasteiger partial charge in [0, 0.05) is 24.2 Å². The van der Waals surface area contributed by atoms with E-state index in [9.17, 15) is 14.4 Å². The zero-order valence-corrected chi connectivity index (χ0v) is 18.0. The molecule has 2 unspecified atom stereocenters. The van der Waals surface area contributed by atoms with E-state index >= 15 is 0 Å². The van der Waals surface area contributed by atoms with Crippen molar-refractivity contribution in [1.82, 2.24) is 10.6 Å². The molecule has 0 rings (SSSR count). The van der Waals surface area contributed by atoms with Gasteiger partial charge in [-0.25, -0.2) is 0 Å². The molecule has 0 heterocycles. The summed E-state index contributed by atoms with van der Waals surface area (Å²) in [6.07, 6.45) is 6.85. The molecule has 0 aromatic heterocycles. The van der Waals surface area contributed by atoms with Gasteiger partial charge in [-0.1, -0.05) is 40.0 Å². The van der Waals surface area contributed by atoms with Crippen molar-refractivity contribution in [1.29, 1.82) is 0 Å². The first-order chi connectivity index (χ1) is 12.6. The molecule has 6 heteroatoms. The Bertz CT molecular complexity index is 458. The van der Waals surface area contributed by atoms with E-state index in [-0.39, 0.29) is 24.0 Å². The molecular formula is C21H41N3O3. The number of Topliss-reactive ketones (excluding diaryl/α,β-unsaturated/α-hetero) is 2. The maximum Gasteiger partial charge on any atom is 0.220 e. The summed E-state index contributed by atoms with van der Waals surface area (Å²) in [4.78, 5) is 36.0. The molecule has 0 aliphatic heterocycles. The van der Waals surface area contributed by atoms with E-state index in [2.05, 4.69) is 10.6 Å². The number of unbranched alkanes of at least 4 members (excludes halogenated alkanes) is 3. The highest BCUT2D eigenvalue weighted by Gasteiger charge is 2.27. The number of amides is 1. The zero-order valence-electron chi connectivity index (χ0n) is 18.0. The number of primary amides is 1. The Morgan fingerprint density at radius 1 is 0.926 bits per heavy atom. The van der Waals surface area contributed by atoms with Gasteiger partial charge in [-0.05, 0) is 46.3 Å². The fourth-order valence-corrected chi connectivity index (χ4v) is 3.03. The molecule has 27 heavy (non-hydrogen) atoms. The van der Waals surface area contributed by atoms with Gasteiger partial charge >= 0.3 is 0 Å². The lowest BCUT2D eigenvalue weighted by Crippen LogP contribution is -2.34. The number of ketones is 2. The summed E-state index contributed by atoms with van der Waals surface area (Å²) in [5, 5.41) is 6.23. The van der Waals surface area contributed by atoms with Crippen LogP contribution in [0, 0.1) is 11.3 Å². The summed E-state index contributed by atoms with van der Waals surface area (Å²) in [5.74, 6) is -0.474. The molecule has 0 aliphatic carbocycles. The Hall–Kier alpha value is -1.27. The Balaban J connectivity index is 4.14. The van der Waals surface area contributed by atoms with E-state index in [4.69, 9.17) is 5.73 Å². The van der Waals surface area contributed by atoms with E-state index < -0.39 is 17.2 Å². The third-order valence-corrected chi connectivity index (χ3v) is 5.05. The summed E-state index contributed by atoms with van der Waals surface area (Å²) < 4.78 is 0. The fraction of sp³-hybridized carbons (Fsp3) is 0.857. The first-order valence-corrected chi connectivity index (χ1v) is 10.3. The molecular weight excluding hydrogens is 342 g/mol. The van der Waals surface area contributed by atoms with Crippen LogP contribution in [0.15, 0.2) is 0 Å². The maximum atomic E-state index is 12.3. The largest absolute Gasteiger partial charge is 0.369 e. The van der Waals surface area contributed by atoms with Gasteiger partial charge in [-0.15, -0.1) is 0 Å². The van der Waals surface area contributed by atoms with Crippen molar-refractivity contribution < 1.29 is 14.4 Å². The number of nitrogens with two attached hydrogens (primary N) is 1. The molecule has 0 saturated heterocycles. The van der Waals surface area contributed by atoms with Crippen LogP contribution in [0.1, 0.15) is 78.6 Å². The fourth-order valence-electron chi connectivity index (χ4n) is 3.03. The summed E-state index contributed by atoms with van der Waals surface area (Å²) in [6, 6.07) is -0.0652. The summed E-state index contributed by atoms with van der Waals surface area (Å²) in [7, 11) is 3.77. The number of carbonyl (C=O) groups excluding carboxylic acids is 3. The lowest BCUT2D eigenvalue weighted by molar-refractivity contribution is -0.131. The number of likely N-dealkylation sites (N-methyl/N-ethyl adjacent to an activating group) is 1. The molecule has 0 aromatic carbocycles. The minimum absolute atomic E-state index is 0.0652. The lowest BCUT2D eigenvalue weighted by atomic mass is 9.83. The average Bonchev–Trinajstić information content (AvgIpc) is 2.59. The lowest BCUT2D eigenvalue weighted by Gasteiger charge is -2.20. The molecule has 0 bridgehead atoms. The van der Waals surface area contributed by atoms with Crippen molar-refractivity contribution >= 4 is 17.5 Å². The second-order valence-electron chi connectivity index (χ2n) is 8.48. The second-order valence-corrected chi connectivity index (χ2v) is 8.48. The Morgan fingerprint density at radius 2 is 1.56 bits per heavy atom. The number of hydrogen-bond acceptors (Lipinski definition) is 5. The highest BCUT2D eigenvalue weighted by Crippen LogP contribution is 2.23. The molecule has 0 saturated carbocycles. The maximum absolute atomic E-state index is 12.3. The number of hydrogen-bond donors (Lipinski definition) is 3. The monoisotopic (exact) mass is 383 g/mol. The summed E-state index contributed by atoms with van der Waals surface area (Å²) in [6.45, 7) is 6.55. The van der Waals surface area contributed by atoms with Crippen molar-refractivity contribution in [3.63, 3.8) is 0 Å². The first-order valence-electron chi connectivity index (χ1n) is 10.3. The third kappa shape index (κ3) is 11.9. The van der Waals surface area contributed by atoms with Crippen LogP contribution in [-0.4, -0.2) is 44.2 Å². The minimum Gasteiger partial charge on any atom is -0.369 e. The van der Waals surface area contributed by atoms with Crippen molar-refractivity contribution in [2.75, 3.05) is 20.6 Å². The van der Waals surface area contributed by atoms with Gasteiger partial charge in [0.1, 0.15) is 11.6 Å². The van der Waals surface area contributed by atoms with Gasteiger partial charge in [0.05, 0.1) is 6.04 Å². The van der Waals surface area contributed by atoms with Gasteiger partial charge in [-0.2, -0.15) is 0 Å². The van der Waals surface area contributed by atoms with Crippen molar-refractivity contribution in [2.24, 2.45) is 17.1 Å². The van der Waals surface area contributed by atoms with E-state index in [0.717, 1.165) is 45.1 Å². The molecule has 0 radical (unpaired) electrons. The molecule has 0 aliphatic rings. The predicted octanol–water partition coefficient (Wildman–Crippen LogP) is 2.59. The van der Waals surface area contributed by atoms with Crippen molar-refractivity contribution in [3.05, 3.63) is 0 Å². The zero-order chi connectivity index (χ0) is 20.9. The van der Waals surface area contributed by atoms with Crippen LogP contribution in [0.4, 0.5) is 0 Å². The molecule has 4 N–H and O–H groups in total.